The molecule has 7 heteroatoms. The molecule has 0 aliphatic carbocycles. The molecule has 0 spiro atoms. The summed E-state index contributed by atoms with van der Waals surface area (Å²) in [6, 6.07) is 11.2. The van der Waals surface area contributed by atoms with Crippen LogP contribution in [0.25, 0.3) is 0 Å². The van der Waals surface area contributed by atoms with Crippen LogP contribution in [0.2, 0.25) is 0 Å². The number of amides is 3. The summed E-state index contributed by atoms with van der Waals surface area (Å²) < 4.78 is 0. The first-order valence-electron chi connectivity index (χ1n) is 6.76. The number of nitrogens with two attached hydrogens (primary N) is 2. The Balaban J connectivity index is 2.12. The van der Waals surface area contributed by atoms with Crippen molar-refractivity contribution in [2.75, 3.05) is 16.4 Å². The minimum Gasteiger partial charge on any atom is -0.397 e. The number of rotatable bonds is 3. The van der Waals surface area contributed by atoms with Gasteiger partial charge in [-0.3, -0.25) is 14.4 Å². The van der Waals surface area contributed by atoms with Crippen LogP contribution < -0.4 is 22.1 Å². The molecule has 0 saturated heterocycles. The maximum Gasteiger partial charge on any atom is 0.314 e. The number of para-hydroxylation sites is 1. The highest BCUT2D eigenvalue weighted by atomic mass is 16.2. The fourth-order valence-electron chi connectivity index (χ4n) is 1.96. The summed E-state index contributed by atoms with van der Waals surface area (Å²) in [5, 5.41) is 4.76. The summed E-state index contributed by atoms with van der Waals surface area (Å²) >= 11 is 0. The van der Waals surface area contributed by atoms with E-state index in [2.05, 4.69) is 10.6 Å². The molecule has 0 aromatic heterocycles. The van der Waals surface area contributed by atoms with Crippen LogP contribution in [0, 0.1) is 6.92 Å². The molecule has 7 nitrogen and oxygen atoms in total. The Kier molecular flexibility index (Phi) is 4.61. The lowest BCUT2D eigenvalue weighted by Crippen LogP contribution is -2.30. The lowest BCUT2D eigenvalue weighted by Gasteiger charge is -2.10. The minimum atomic E-state index is -0.932. The van der Waals surface area contributed by atoms with Gasteiger partial charge >= 0.3 is 11.8 Å². The van der Waals surface area contributed by atoms with Crippen LogP contribution in [0.15, 0.2) is 42.5 Å². The van der Waals surface area contributed by atoms with E-state index in [1.165, 1.54) is 12.1 Å². The van der Waals surface area contributed by atoms with Crippen molar-refractivity contribution >= 4 is 34.8 Å². The molecule has 2 rings (SSSR count). The number of primary amides is 1. The Morgan fingerprint density at radius 1 is 0.913 bits per heavy atom. The first-order chi connectivity index (χ1) is 10.9. The van der Waals surface area contributed by atoms with Crippen LogP contribution in [0.3, 0.4) is 0 Å². The smallest absolute Gasteiger partial charge is 0.314 e. The fraction of sp³-hybridized carbons (Fsp3) is 0.0625. The number of nitrogen functional groups attached to an aromatic ring is 1. The molecule has 0 radical (unpaired) electrons. The van der Waals surface area contributed by atoms with Crippen LogP contribution in [0.5, 0.6) is 0 Å². The lowest BCUT2D eigenvalue weighted by molar-refractivity contribution is -0.132. The van der Waals surface area contributed by atoms with Crippen molar-refractivity contribution in [3.63, 3.8) is 0 Å². The molecule has 6 N–H and O–H groups in total. The van der Waals surface area contributed by atoms with Gasteiger partial charge in [0.2, 0.25) is 0 Å². The van der Waals surface area contributed by atoms with Crippen LogP contribution in [-0.2, 0) is 9.59 Å². The van der Waals surface area contributed by atoms with Crippen molar-refractivity contribution in [3.8, 4) is 0 Å². The number of benzene rings is 2. The van der Waals surface area contributed by atoms with Crippen molar-refractivity contribution in [3.05, 3.63) is 53.6 Å². The second kappa shape index (κ2) is 6.61. The zero-order chi connectivity index (χ0) is 17.0. The molecular formula is C16H16N4O3. The largest absolute Gasteiger partial charge is 0.397 e. The Labute approximate surface area is 132 Å². The normalized spacial score (nSPS) is 9.96. The van der Waals surface area contributed by atoms with E-state index in [0.29, 0.717) is 11.4 Å². The second-order valence-corrected chi connectivity index (χ2v) is 4.91. The topological polar surface area (TPSA) is 127 Å². The lowest BCUT2D eigenvalue weighted by atomic mass is 10.1. The van der Waals surface area contributed by atoms with Crippen LogP contribution in [-0.4, -0.2) is 17.7 Å². The van der Waals surface area contributed by atoms with E-state index in [4.69, 9.17) is 11.5 Å². The van der Waals surface area contributed by atoms with E-state index in [-0.39, 0.29) is 11.3 Å². The van der Waals surface area contributed by atoms with Crippen molar-refractivity contribution in [2.45, 2.75) is 6.92 Å². The number of nitrogens with one attached hydrogen (secondary N) is 2. The number of aryl methyl sites for hydroxylation is 1. The highest BCUT2D eigenvalue weighted by Crippen LogP contribution is 2.19. The number of carbonyl (C=O) groups is 3. The van der Waals surface area contributed by atoms with Crippen LogP contribution in [0.4, 0.5) is 17.1 Å². The molecule has 0 fully saturated rings. The summed E-state index contributed by atoms with van der Waals surface area (Å²) in [6.45, 7) is 1.86. The van der Waals surface area contributed by atoms with Crippen LogP contribution >= 0.6 is 0 Å². The average Bonchev–Trinajstić information content (AvgIpc) is 2.50. The third kappa shape index (κ3) is 3.85. The number of hydrogen-bond acceptors (Lipinski definition) is 4. The van der Waals surface area contributed by atoms with Crippen molar-refractivity contribution in [2.24, 2.45) is 5.73 Å². The second-order valence-electron chi connectivity index (χ2n) is 4.91. The van der Waals surface area contributed by atoms with Gasteiger partial charge in [-0.1, -0.05) is 18.2 Å². The third-order valence-electron chi connectivity index (χ3n) is 3.10. The van der Waals surface area contributed by atoms with E-state index in [0.717, 1.165) is 5.56 Å². The molecule has 0 heterocycles. The molecule has 0 atom stereocenters. The van der Waals surface area contributed by atoms with Crippen LogP contribution in [0.1, 0.15) is 15.9 Å². The maximum absolute atomic E-state index is 12.0. The molecular weight excluding hydrogens is 296 g/mol. The highest BCUT2D eigenvalue weighted by molar-refractivity contribution is 6.44. The predicted molar refractivity (Wildman–Crippen MR) is 87.8 cm³/mol. The Morgan fingerprint density at radius 3 is 2.13 bits per heavy atom. The van der Waals surface area contributed by atoms with Crippen molar-refractivity contribution < 1.29 is 14.4 Å². The zero-order valence-corrected chi connectivity index (χ0v) is 12.4. The van der Waals surface area contributed by atoms with E-state index >= 15 is 0 Å². The van der Waals surface area contributed by atoms with Gasteiger partial charge in [0.1, 0.15) is 0 Å². The summed E-state index contributed by atoms with van der Waals surface area (Å²) in [6.07, 6.45) is 0. The van der Waals surface area contributed by atoms with Gasteiger partial charge in [0, 0.05) is 0 Å². The van der Waals surface area contributed by atoms with Gasteiger partial charge in [-0.15, -0.1) is 0 Å². The van der Waals surface area contributed by atoms with Crippen molar-refractivity contribution in [1.82, 2.24) is 0 Å². The molecule has 2 aromatic carbocycles. The summed E-state index contributed by atoms with van der Waals surface area (Å²) in [4.78, 5) is 35.2. The zero-order valence-electron chi connectivity index (χ0n) is 12.4. The first kappa shape index (κ1) is 16.0. The number of hydrogen-bond donors (Lipinski definition) is 4. The van der Waals surface area contributed by atoms with E-state index in [1.54, 1.807) is 30.3 Å². The monoisotopic (exact) mass is 312 g/mol. The molecule has 0 aliphatic rings. The van der Waals surface area contributed by atoms with Gasteiger partial charge in [0.25, 0.3) is 5.91 Å². The standard InChI is InChI=1S/C16H16N4O3/c1-9-6-7-13(11(17)8-9)20-16(23)15(22)19-12-5-3-2-4-10(12)14(18)21/h2-8H,17H2,1H3,(H2,18,21)(H,19,22)(H,20,23). The third-order valence-corrected chi connectivity index (χ3v) is 3.10. The van der Waals surface area contributed by atoms with Gasteiger partial charge in [-0.25, -0.2) is 0 Å². The molecule has 2 aromatic rings. The summed E-state index contributed by atoms with van der Waals surface area (Å²) in [7, 11) is 0. The molecule has 0 unspecified atom stereocenters. The molecule has 0 saturated carbocycles. The predicted octanol–water partition coefficient (Wildman–Crippen LogP) is 1.25. The van der Waals surface area contributed by atoms with Gasteiger partial charge < -0.3 is 22.1 Å². The number of carbonyl (C=O) groups excluding carboxylic acids is 3. The van der Waals surface area contributed by atoms with E-state index in [1.807, 2.05) is 6.92 Å². The van der Waals surface area contributed by atoms with Gasteiger partial charge in [-0.2, -0.15) is 0 Å². The first-order valence-corrected chi connectivity index (χ1v) is 6.76. The molecule has 3 amide bonds. The Hall–Kier alpha value is -3.35. The maximum atomic E-state index is 12.0. The molecule has 118 valence electrons. The fourth-order valence-corrected chi connectivity index (χ4v) is 1.96. The summed E-state index contributed by atoms with van der Waals surface area (Å²) in [5.41, 5.74) is 12.9. The molecule has 0 aliphatic heterocycles. The van der Waals surface area contributed by atoms with Gasteiger partial charge in [0.05, 0.1) is 22.6 Å². The Bertz CT molecular complexity index is 787. The minimum absolute atomic E-state index is 0.114. The molecule has 23 heavy (non-hydrogen) atoms. The quantitative estimate of drug-likeness (QED) is 0.502. The average molecular weight is 312 g/mol. The van der Waals surface area contributed by atoms with Gasteiger partial charge in [0.15, 0.2) is 0 Å². The van der Waals surface area contributed by atoms with E-state index < -0.39 is 17.7 Å². The van der Waals surface area contributed by atoms with E-state index in [9.17, 15) is 14.4 Å². The Morgan fingerprint density at radius 2 is 1.52 bits per heavy atom. The number of anilines is 3. The van der Waals surface area contributed by atoms with Crippen molar-refractivity contribution in [1.29, 1.82) is 0 Å². The molecule has 0 bridgehead atoms. The SMILES string of the molecule is Cc1ccc(NC(=O)C(=O)Nc2ccccc2C(N)=O)c(N)c1. The summed E-state index contributed by atoms with van der Waals surface area (Å²) in [5.74, 6) is -2.54. The highest BCUT2D eigenvalue weighted by Gasteiger charge is 2.17. The van der Waals surface area contributed by atoms with Gasteiger partial charge in [-0.05, 0) is 36.8 Å².